The molecule has 20 heavy (non-hydrogen) atoms. The SMILES string of the molecule is C(#CC(c1ccsc1)N1CCCCC1)c1ccccc1. The number of rotatable bonds is 2. The van der Waals surface area contributed by atoms with Gasteiger partial charge in [0.2, 0.25) is 0 Å². The highest BCUT2D eigenvalue weighted by molar-refractivity contribution is 7.08. The molecular formula is C18H19NS. The molecule has 2 aromatic rings. The second kappa shape index (κ2) is 6.74. The van der Waals surface area contributed by atoms with Crippen molar-refractivity contribution in [1.82, 2.24) is 4.90 Å². The molecule has 1 aromatic carbocycles. The minimum atomic E-state index is 0.252. The number of benzene rings is 1. The molecule has 0 bridgehead atoms. The van der Waals surface area contributed by atoms with E-state index in [0.717, 1.165) is 5.56 Å². The summed E-state index contributed by atoms with van der Waals surface area (Å²) in [6, 6.07) is 12.7. The third-order valence-electron chi connectivity index (χ3n) is 3.74. The third-order valence-corrected chi connectivity index (χ3v) is 4.44. The normalized spacial score (nSPS) is 17.2. The van der Waals surface area contributed by atoms with Gasteiger partial charge < -0.3 is 0 Å². The maximum absolute atomic E-state index is 3.49. The van der Waals surface area contributed by atoms with Crippen molar-refractivity contribution in [2.24, 2.45) is 0 Å². The second-order valence-electron chi connectivity index (χ2n) is 5.19. The molecule has 2 heteroatoms. The Kier molecular flexibility index (Phi) is 4.53. The van der Waals surface area contributed by atoms with Crippen LogP contribution in [0.25, 0.3) is 0 Å². The lowest BCUT2D eigenvalue weighted by Gasteiger charge is -2.31. The number of hydrogen-bond acceptors (Lipinski definition) is 2. The maximum atomic E-state index is 3.49. The van der Waals surface area contributed by atoms with Gasteiger partial charge in [0.1, 0.15) is 0 Å². The number of thiophene rings is 1. The second-order valence-corrected chi connectivity index (χ2v) is 5.97. The number of nitrogens with zero attached hydrogens (tertiary/aromatic N) is 1. The monoisotopic (exact) mass is 281 g/mol. The van der Waals surface area contributed by atoms with Crippen molar-refractivity contribution in [1.29, 1.82) is 0 Å². The first kappa shape index (κ1) is 13.4. The van der Waals surface area contributed by atoms with Crippen LogP contribution >= 0.6 is 11.3 Å². The zero-order valence-corrected chi connectivity index (χ0v) is 12.4. The highest BCUT2D eigenvalue weighted by Crippen LogP contribution is 2.25. The first-order valence-corrected chi connectivity index (χ1v) is 8.20. The van der Waals surface area contributed by atoms with Crippen LogP contribution in [0.2, 0.25) is 0 Å². The van der Waals surface area contributed by atoms with E-state index >= 15 is 0 Å². The summed E-state index contributed by atoms with van der Waals surface area (Å²) in [5.74, 6) is 6.83. The van der Waals surface area contributed by atoms with Crippen molar-refractivity contribution in [2.45, 2.75) is 25.3 Å². The zero-order valence-electron chi connectivity index (χ0n) is 11.6. The third kappa shape index (κ3) is 3.30. The first-order valence-electron chi connectivity index (χ1n) is 7.26. The molecule has 0 spiro atoms. The quantitative estimate of drug-likeness (QED) is 0.741. The molecule has 0 N–H and O–H groups in total. The van der Waals surface area contributed by atoms with E-state index in [2.05, 4.69) is 45.7 Å². The number of hydrogen-bond donors (Lipinski definition) is 0. The summed E-state index contributed by atoms with van der Waals surface area (Å²) in [6.07, 6.45) is 3.96. The summed E-state index contributed by atoms with van der Waals surface area (Å²) in [5.41, 5.74) is 2.45. The molecule has 1 atom stereocenters. The van der Waals surface area contributed by atoms with Crippen LogP contribution in [0.3, 0.4) is 0 Å². The molecule has 1 fully saturated rings. The Morgan fingerprint density at radius 3 is 2.50 bits per heavy atom. The summed E-state index contributed by atoms with van der Waals surface area (Å²) in [7, 11) is 0. The van der Waals surface area contributed by atoms with Gasteiger partial charge in [0.25, 0.3) is 0 Å². The summed E-state index contributed by atoms with van der Waals surface area (Å²) in [5, 5.41) is 4.38. The van der Waals surface area contributed by atoms with Crippen LogP contribution in [0.5, 0.6) is 0 Å². The van der Waals surface area contributed by atoms with E-state index in [1.807, 2.05) is 18.2 Å². The predicted octanol–water partition coefficient (Wildman–Crippen LogP) is 4.33. The molecule has 1 aliphatic rings. The fourth-order valence-corrected chi connectivity index (χ4v) is 3.34. The molecular weight excluding hydrogens is 262 g/mol. The van der Waals surface area contributed by atoms with Gasteiger partial charge in [-0.2, -0.15) is 11.3 Å². The molecule has 1 aromatic heterocycles. The molecule has 1 unspecified atom stereocenters. The van der Waals surface area contributed by atoms with E-state index in [1.54, 1.807) is 11.3 Å². The topological polar surface area (TPSA) is 3.24 Å². The Bertz CT molecular complexity index is 571. The van der Waals surface area contributed by atoms with E-state index < -0.39 is 0 Å². The molecule has 1 nitrogen and oxygen atoms in total. The molecule has 0 radical (unpaired) electrons. The molecule has 2 heterocycles. The van der Waals surface area contributed by atoms with Crippen molar-refractivity contribution >= 4 is 11.3 Å². The Morgan fingerprint density at radius 2 is 1.80 bits per heavy atom. The van der Waals surface area contributed by atoms with Gasteiger partial charge in [0.05, 0.1) is 6.04 Å². The first-order chi connectivity index (χ1) is 9.93. The lowest BCUT2D eigenvalue weighted by molar-refractivity contribution is 0.197. The van der Waals surface area contributed by atoms with Crippen molar-refractivity contribution in [2.75, 3.05) is 13.1 Å². The molecule has 0 saturated carbocycles. The lowest BCUT2D eigenvalue weighted by atomic mass is 10.0. The zero-order chi connectivity index (χ0) is 13.6. The van der Waals surface area contributed by atoms with Crippen molar-refractivity contribution < 1.29 is 0 Å². The van der Waals surface area contributed by atoms with Crippen LogP contribution in [0.1, 0.15) is 36.4 Å². The van der Waals surface area contributed by atoms with Gasteiger partial charge in [0, 0.05) is 5.56 Å². The molecule has 1 saturated heterocycles. The molecule has 1 aliphatic heterocycles. The lowest BCUT2D eigenvalue weighted by Crippen LogP contribution is -2.32. The van der Waals surface area contributed by atoms with Crippen molar-refractivity contribution in [3.05, 3.63) is 58.3 Å². The fourth-order valence-electron chi connectivity index (χ4n) is 2.67. The summed E-state index contributed by atoms with van der Waals surface area (Å²) < 4.78 is 0. The summed E-state index contributed by atoms with van der Waals surface area (Å²) in [4.78, 5) is 2.53. The predicted molar refractivity (Wildman–Crippen MR) is 85.8 cm³/mol. The maximum Gasteiger partial charge on any atom is 0.0982 e. The molecule has 0 aliphatic carbocycles. The van der Waals surface area contributed by atoms with Gasteiger partial charge in [-0.05, 0) is 60.5 Å². The van der Waals surface area contributed by atoms with Gasteiger partial charge in [-0.3, -0.25) is 4.90 Å². The molecule has 0 amide bonds. The van der Waals surface area contributed by atoms with Crippen LogP contribution in [0.4, 0.5) is 0 Å². The van der Waals surface area contributed by atoms with E-state index in [1.165, 1.54) is 37.9 Å². The van der Waals surface area contributed by atoms with E-state index in [0.29, 0.717) is 0 Å². The van der Waals surface area contributed by atoms with Crippen LogP contribution in [-0.2, 0) is 0 Å². The van der Waals surface area contributed by atoms with Gasteiger partial charge in [-0.25, -0.2) is 0 Å². The molecule has 102 valence electrons. The minimum absolute atomic E-state index is 0.252. The largest absolute Gasteiger partial charge is 0.286 e. The van der Waals surface area contributed by atoms with Gasteiger partial charge >= 0.3 is 0 Å². The summed E-state index contributed by atoms with van der Waals surface area (Å²) >= 11 is 1.76. The van der Waals surface area contributed by atoms with E-state index in [-0.39, 0.29) is 6.04 Å². The van der Waals surface area contributed by atoms with Crippen LogP contribution in [0, 0.1) is 11.8 Å². The Hall–Kier alpha value is -1.56. The van der Waals surface area contributed by atoms with Crippen molar-refractivity contribution in [3.63, 3.8) is 0 Å². The van der Waals surface area contributed by atoms with E-state index in [9.17, 15) is 0 Å². The van der Waals surface area contributed by atoms with Crippen LogP contribution < -0.4 is 0 Å². The molecule has 3 rings (SSSR count). The summed E-state index contributed by atoms with van der Waals surface area (Å²) in [6.45, 7) is 2.34. The highest BCUT2D eigenvalue weighted by atomic mass is 32.1. The fraction of sp³-hybridized carbons (Fsp3) is 0.333. The average Bonchev–Trinajstić information content (AvgIpc) is 3.04. The average molecular weight is 281 g/mol. The number of piperidine rings is 1. The smallest absolute Gasteiger partial charge is 0.0982 e. The van der Waals surface area contributed by atoms with Gasteiger partial charge in [-0.15, -0.1) is 0 Å². The number of likely N-dealkylation sites (tertiary alicyclic amines) is 1. The minimum Gasteiger partial charge on any atom is -0.286 e. The van der Waals surface area contributed by atoms with E-state index in [4.69, 9.17) is 0 Å². The Morgan fingerprint density at radius 1 is 1.00 bits per heavy atom. The Labute approximate surface area is 125 Å². The highest BCUT2D eigenvalue weighted by Gasteiger charge is 2.20. The van der Waals surface area contributed by atoms with Crippen molar-refractivity contribution in [3.8, 4) is 11.8 Å². The van der Waals surface area contributed by atoms with Gasteiger partial charge in [-0.1, -0.05) is 36.5 Å². The van der Waals surface area contributed by atoms with Crippen LogP contribution in [0.15, 0.2) is 47.2 Å². The van der Waals surface area contributed by atoms with Crippen LogP contribution in [-0.4, -0.2) is 18.0 Å². The standard InChI is InChI=1S/C18H19NS/c1-3-7-16(8-4-1)9-10-18(17-11-14-20-15-17)19-12-5-2-6-13-19/h1,3-4,7-8,11,14-15,18H,2,5-6,12-13H2. The Balaban J connectivity index is 1.84. The van der Waals surface area contributed by atoms with Gasteiger partial charge in [0.15, 0.2) is 0 Å².